The number of benzene rings is 1. The van der Waals surface area contributed by atoms with Crippen LogP contribution in [0.1, 0.15) is 20.8 Å². The van der Waals surface area contributed by atoms with Crippen molar-refractivity contribution in [2.45, 2.75) is 32.7 Å². The highest BCUT2D eigenvalue weighted by Gasteiger charge is 2.30. The number of hydrogen-bond donors (Lipinski definition) is 2. The van der Waals surface area contributed by atoms with Crippen LogP contribution in [0.3, 0.4) is 0 Å². The van der Waals surface area contributed by atoms with Crippen molar-refractivity contribution in [3.8, 4) is 5.75 Å². The van der Waals surface area contributed by atoms with E-state index in [1.807, 2.05) is 0 Å². The van der Waals surface area contributed by atoms with Crippen LogP contribution in [0.15, 0.2) is 24.3 Å². The third-order valence-electron chi connectivity index (χ3n) is 2.16. The second-order valence-corrected chi connectivity index (χ2v) is 5.48. The van der Waals surface area contributed by atoms with Crippen LogP contribution in [0.4, 0.5) is 23.7 Å². The Morgan fingerprint density at radius 3 is 2.13 bits per heavy atom. The third kappa shape index (κ3) is 8.54. The first-order valence-corrected chi connectivity index (χ1v) is 6.57. The van der Waals surface area contributed by atoms with E-state index in [-0.39, 0.29) is 12.2 Å². The molecule has 0 fully saturated rings. The van der Waals surface area contributed by atoms with Gasteiger partial charge in [-0.1, -0.05) is 0 Å². The number of nitrogens with one attached hydrogen (secondary N) is 2. The zero-order valence-electron chi connectivity index (χ0n) is 12.8. The predicted molar refractivity (Wildman–Crippen MR) is 76.0 cm³/mol. The minimum Gasteiger partial charge on any atom is -0.444 e. The molecule has 0 saturated heterocycles. The van der Waals surface area contributed by atoms with E-state index in [9.17, 15) is 22.8 Å². The molecule has 0 aliphatic carbocycles. The van der Waals surface area contributed by atoms with E-state index >= 15 is 0 Å². The van der Waals surface area contributed by atoms with Gasteiger partial charge < -0.3 is 20.1 Å². The molecule has 0 radical (unpaired) electrons. The molecule has 1 aromatic carbocycles. The van der Waals surface area contributed by atoms with E-state index in [4.69, 9.17) is 4.74 Å². The first kappa shape index (κ1) is 18.6. The summed E-state index contributed by atoms with van der Waals surface area (Å²) < 4.78 is 44.7. The molecule has 128 valence electrons. The molecule has 0 atom stereocenters. The SMILES string of the molecule is CC(C)(C)OC(=O)NCC(=O)Nc1ccc(OC(F)(F)F)cc1. The fourth-order valence-electron chi connectivity index (χ4n) is 1.41. The van der Waals surface area contributed by atoms with E-state index in [2.05, 4.69) is 15.4 Å². The molecule has 23 heavy (non-hydrogen) atoms. The van der Waals surface area contributed by atoms with Crippen molar-refractivity contribution in [2.24, 2.45) is 0 Å². The minimum atomic E-state index is -4.78. The van der Waals surface area contributed by atoms with E-state index < -0.39 is 29.7 Å². The molecule has 0 spiro atoms. The predicted octanol–water partition coefficient (Wildman–Crippen LogP) is 3.05. The van der Waals surface area contributed by atoms with Gasteiger partial charge in [0.25, 0.3) is 0 Å². The average molecular weight is 334 g/mol. The highest BCUT2D eigenvalue weighted by Crippen LogP contribution is 2.23. The molecule has 0 heterocycles. The average Bonchev–Trinajstić information content (AvgIpc) is 2.35. The summed E-state index contributed by atoms with van der Waals surface area (Å²) in [4.78, 5) is 23.0. The highest BCUT2D eigenvalue weighted by molar-refractivity contribution is 5.93. The van der Waals surface area contributed by atoms with Crippen molar-refractivity contribution in [1.82, 2.24) is 5.32 Å². The van der Waals surface area contributed by atoms with Crippen LogP contribution in [0, 0.1) is 0 Å². The number of rotatable bonds is 4. The summed E-state index contributed by atoms with van der Waals surface area (Å²) in [6, 6.07) is 4.60. The number of alkyl halides is 3. The Balaban J connectivity index is 2.44. The third-order valence-corrected chi connectivity index (χ3v) is 2.16. The lowest BCUT2D eigenvalue weighted by Gasteiger charge is -2.19. The van der Waals surface area contributed by atoms with Gasteiger partial charge in [0, 0.05) is 5.69 Å². The number of carbonyl (C=O) groups excluding carboxylic acids is 2. The maximum atomic E-state index is 12.0. The van der Waals surface area contributed by atoms with Gasteiger partial charge in [-0.25, -0.2) is 4.79 Å². The Morgan fingerprint density at radius 2 is 1.65 bits per heavy atom. The standard InChI is InChI=1S/C14H17F3N2O4/c1-13(2,3)23-12(21)18-8-11(20)19-9-4-6-10(7-5-9)22-14(15,16)17/h4-7H,8H2,1-3H3,(H,18,21)(H,19,20). The van der Waals surface area contributed by atoms with Crippen LogP contribution < -0.4 is 15.4 Å². The van der Waals surface area contributed by atoms with Crippen LogP contribution in [-0.2, 0) is 9.53 Å². The van der Waals surface area contributed by atoms with Gasteiger partial charge in [0.2, 0.25) is 5.91 Å². The minimum absolute atomic E-state index is 0.260. The number of alkyl carbamates (subject to hydrolysis) is 1. The van der Waals surface area contributed by atoms with Crippen molar-refractivity contribution in [3.05, 3.63) is 24.3 Å². The molecule has 0 bridgehead atoms. The lowest BCUT2D eigenvalue weighted by molar-refractivity contribution is -0.274. The Hall–Kier alpha value is -2.45. The Kier molecular flexibility index (Phi) is 5.83. The molecule has 0 aromatic heterocycles. The molecule has 0 saturated carbocycles. The number of anilines is 1. The number of amides is 2. The smallest absolute Gasteiger partial charge is 0.444 e. The van der Waals surface area contributed by atoms with Gasteiger partial charge >= 0.3 is 12.5 Å². The fraction of sp³-hybridized carbons (Fsp3) is 0.429. The molecule has 1 rings (SSSR count). The fourth-order valence-corrected chi connectivity index (χ4v) is 1.41. The summed E-state index contributed by atoms with van der Waals surface area (Å²) in [6.45, 7) is 4.70. The van der Waals surface area contributed by atoms with Crippen molar-refractivity contribution >= 4 is 17.7 Å². The first-order chi connectivity index (χ1) is 10.4. The topological polar surface area (TPSA) is 76.7 Å². The molecule has 0 aliphatic heterocycles. The van der Waals surface area contributed by atoms with Crippen LogP contribution in [0.5, 0.6) is 5.75 Å². The second-order valence-electron chi connectivity index (χ2n) is 5.48. The number of halogens is 3. The van der Waals surface area contributed by atoms with Crippen LogP contribution in [-0.4, -0.2) is 30.5 Å². The normalized spacial score (nSPS) is 11.6. The monoisotopic (exact) mass is 334 g/mol. The molecule has 9 heteroatoms. The van der Waals surface area contributed by atoms with E-state index in [0.29, 0.717) is 0 Å². The van der Waals surface area contributed by atoms with Gasteiger partial charge in [0.1, 0.15) is 17.9 Å². The lowest BCUT2D eigenvalue weighted by atomic mass is 10.2. The molecule has 1 aromatic rings. The molecular formula is C14H17F3N2O4. The maximum absolute atomic E-state index is 12.0. The van der Waals surface area contributed by atoms with Gasteiger partial charge in [-0.2, -0.15) is 0 Å². The zero-order chi connectivity index (χ0) is 17.7. The second kappa shape index (κ2) is 7.21. The van der Waals surface area contributed by atoms with Gasteiger partial charge in [-0.3, -0.25) is 4.79 Å². The van der Waals surface area contributed by atoms with Gasteiger partial charge in [-0.05, 0) is 45.0 Å². The first-order valence-electron chi connectivity index (χ1n) is 6.57. The van der Waals surface area contributed by atoms with E-state index in [0.717, 1.165) is 12.1 Å². The zero-order valence-corrected chi connectivity index (χ0v) is 12.8. The van der Waals surface area contributed by atoms with Crippen molar-refractivity contribution in [1.29, 1.82) is 0 Å². The molecule has 0 unspecified atom stereocenters. The lowest BCUT2D eigenvalue weighted by Crippen LogP contribution is -2.37. The van der Waals surface area contributed by atoms with Crippen LogP contribution in [0.25, 0.3) is 0 Å². The van der Waals surface area contributed by atoms with Crippen LogP contribution in [0.2, 0.25) is 0 Å². The summed E-state index contributed by atoms with van der Waals surface area (Å²) >= 11 is 0. The maximum Gasteiger partial charge on any atom is 0.573 e. The molecule has 2 N–H and O–H groups in total. The van der Waals surface area contributed by atoms with Crippen molar-refractivity contribution in [2.75, 3.05) is 11.9 Å². The van der Waals surface area contributed by atoms with Crippen LogP contribution >= 0.6 is 0 Å². The molecule has 0 aliphatic rings. The summed E-state index contributed by atoms with van der Waals surface area (Å²) in [7, 11) is 0. The Morgan fingerprint density at radius 1 is 1.09 bits per heavy atom. The van der Waals surface area contributed by atoms with Gasteiger partial charge in [0.15, 0.2) is 0 Å². The summed E-state index contributed by atoms with van der Waals surface area (Å²) in [5.41, 5.74) is -0.426. The Labute approximate surface area is 130 Å². The van der Waals surface area contributed by atoms with E-state index in [1.54, 1.807) is 20.8 Å². The molecular weight excluding hydrogens is 317 g/mol. The highest BCUT2D eigenvalue weighted by atomic mass is 19.4. The summed E-state index contributed by atoms with van der Waals surface area (Å²) in [5.74, 6) is -0.956. The molecule has 6 nitrogen and oxygen atoms in total. The van der Waals surface area contributed by atoms with Crippen molar-refractivity contribution in [3.63, 3.8) is 0 Å². The van der Waals surface area contributed by atoms with Gasteiger partial charge in [-0.15, -0.1) is 13.2 Å². The van der Waals surface area contributed by atoms with Gasteiger partial charge in [0.05, 0.1) is 0 Å². The quantitative estimate of drug-likeness (QED) is 0.887. The Bertz CT molecular complexity index is 551. The summed E-state index contributed by atoms with van der Waals surface area (Å²) in [5, 5.41) is 4.66. The number of carbonyl (C=O) groups is 2. The number of hydrogen-bond acceptors (Lipinski definition) is 4. The largest absolute Gasteiger partial charge is 0.573 e. The van der Waals surface area contributed by atoms with E-state index in [1.165, 1.54) is 12.1 Å². The number of ether oxygens (including phenoxy) is 2. The van der Waals surface area contributed by atoms with Crippen molar-refractivity contribution < 1.29 is 32.2 Å². The summed E-state index contributed by atoms with van der Waals surface area (Å²) in [6.07, 6.45) is -5.52. The molecule has 2 amide bonds.